The Balaban J connectivity index is 2.20. The van der Waals surface area contributed by atoms with Crippen LogP contribution in [0.25, 0.3) is 0 Å². The Morgan fingerprint density at radius 1 is 1.65 bits per heavy atom. The molecule has 0 unspecified atom stereocenters. The van der Waals surface area contributed by atoms with Crippen LogP contribution in [0.15, 0.2) is 6.20 Å². The highest BCUT2D eigenvalue weighted by Crippen LogP contribution is 1.90. The van der Waals surface area contributed by atoms with Gasteiger partial charge in [0.05, 0.1) is 24.6 Å². The van der Waals surface area contributed by atoms with Gasteiger partial charge in [-0.05, 0) is 13.8 Å². The molecule has 1 amide bonds. The van der Waals surface area contributed by atoms with Crippen molar-refractivity contribution in [1.29, 1.82) is 0 Å². The second kappa shape index (κ2) is 6.97. The highest BCUT2D eigenvalue weighted by molar-refractivity contribution is 5.75. The fourth-order valence-corrected chi connectivity index (χ4v) is 1.20. The van der Waals surface area contributed by atoms with Crippen LogP contribution < -0.4 is 11.1 Å². The van der Waals surface area contributed by atoms with Gasteiger partial charge in [-0.15, -0.1) is 5.10 Å². The third-order valence-electron chi connectivity index (χ3n) is 1.98. The zero-order chi connectivity index (χ0) is 12.7. The van der Waals surface area contributed by atoms with E-state index in [9.17, 15) is 4.79 Å². The van der Waals surface area contributed by atoms with E-state index < -0.39 is 0 Å². The van der Waals surface area contributed by atoms with Gasteiger partial charge in [-0.3, -0.25) is 4.79 Å². The summed E-state index contributed by atoms with van der Waals surface area (Å²) in [6.45, 7) is 5.37. The minimum Gasteiger partial charge on any atom is -0.377 e. The van der Waals surface area contributed by atoms with Crippen LogP contribution >= 0.6 is 0 Å². The molecule has 17 heavy (non-hydrogen) atoms. The van der Waals surface area contributed by atoms with Crippen LogP contribution in [0.2, 0.25) is 0 Å². The summed E-state index contributed by atoms with van der Waals surface area (Å²) >= 11 is 0. The molecule has 7 heteroatoms. The van der Waals surface area contributed by atoms with E-state index in [0.717, 1.165) is 0 Å². The molecule has 1 aromatic heterocycles. The summed E-state index contributed by atoms with van der Waals surface area (Å²) in [5, 5.41) is 10.3. The zero-order valence-electron chi connectivity index (χ0n) is 10.2. The normalized spacial score (nSPS) is 10.8. The SMILES string of the molecule is CC(C)OCCNC(=O)Cn1cc(CN)nn1. The van der Waals surface area contributed by atoms with Gasteiger partial charge in [0.25, 0.3) is 0 Å². The number of nitrogens with zero attached hydrogens (tertiary/aromatic N) is 3. The third kappa shape index (κ3) is 5.41. The van der Waals surface area contributed by atoms with Crippen molar-refractivity contribution in [2.45, 2.75) is 33.0 Å². The average Bonchev–Trinajstić information content (AvgIpc) is 2.72. The summed E-state index contributed by atoms with van der Waals surface area (Å²) in [6, 6.07) is 0. The van der Waals surface area contributed by atoms with Crippen molar-refractivity contribution in [1.82, 2.24) is 20.3 Å². The average molecular weight is 241 g/mol. The number of nitrogens with one attached hydrogen (secondary N) is 1. The molecular formula is C10H19N5O2. The molecular weight excluding hydrogens is 222 g/mol. The fourth-order valence-electron chi connectivity index (χ4n) is 1.20. The number of ether oxygens (including phenoxy) is 1. The van der Waals surface area contributed by atoms with E-state index in [-0.39, 0.29) is 18.6 Å². The lowest BCUT2D eigenvalue weighted by Gasteiger charge is -2.08. The maximum Gasteiger partial charge on any atom is 0.241 e. The Kier molecular flexibility index (Phi) is 5.58. The van der Waals surface area contributed by atoms with Gasteiger partial charge in [0, 0.05) is 13.1 Å². The van der Waals surface area contributed by atoms with E-state index in [1.807, 2.05) is 13.8 Å². The topological polar surface area (TPSA) is 95.1 Å². The number of nitrogens with two attached hydrogens (primary N) is 1. The van der Waals surface area contributed by atoms with Gasteiger partial charge in [-0.25, -0.2) is 4.68 Å². The summed E-state index contributed by atoms with van der Waals surface area (Å²) in [4.78, 5) is 11.5. The highest BCUT2D eigenvalue weighted by Gasteiger charge is 2.04. The molecule has 0 saturated heterocycles. The first-order chi connectivity index (χ1) is 8.11. The zero-order valence-corrected chi connectivity index (χ0v) is 10.2. The van der Waals surface area contributed by atoms with Crippen LogP contribution in [0, 0.1) is 0 Å². The molecule has 0 saturated carbocycles. The van der Waals surface area contributed by atoms with E-state index in [4.69, 9.17) is 10.5 Å². The molecule has 0 aromatic carbocycles. The first-order valence-electron chi connectivity index (χ1n) is 5.59. The second-order valence-electron chi connectivity index (χ2n) is 3.88. The van der Waals surface area contributed by atoms with Crippen molar-refractivity contribution >= 4 is 5.91 Å². The summed E-state index contributed by atoms with van der Waals surface area (Å²) in [6.07, 6.45) is 1.83. The molecule has 0 atom stereocenters. The molecule has 3 N–H and O–H groups in total. The van der Waals surface area contributed by atoms with E-state index in [2.05, 4.69) is 15.6 Å². The van der Waals surface area contributed by atoms with E-state index >= 15 is 0 Å². The number of hydrogen-bond acceptors (Lipinski definition) is 5. The number of carbonyl (C=O) groups excluding carboxylic acids is 1. The number of carbonyl (C=O) groups is 1. The number of aromatic nitrogens is 3. The number of rotatable bonds is 7. The smallest absolute Gasteiger partial charge is 0.241 e. The van der Waals surface area contributed by atoms with Crippen molar-refractivity contribution in [2.75, 3.05) is 13.2 Å². The van der Waals surface area contributed by atoms with Crippen LogP contribution in [-0.2, 0) is 22.6 Å². The molecule has 1 aromatic rings. The molecule has 0 radical (unpaired) electrons. The van der Waals surface area contributed by atoms with Crippen LogP contribution in [0.4, 0.5) is 0 Å². The minimum absolute atomic E-state index is 0.120. The fraction of sp³-hybridized carbons (Fsp3) is 0.700. The van der Waals surface area contributed by atoms with Gasteiger partial charge in [0.2, 0.25) is 5.91 Å². The molecule has 0 aliphatic carbocycles. The van der Waals surface area contributed by atoms with Crippen molar-refractivity contribution in [3.63, 3.8) is 0 Å². The Labute approximate surface area is 100 Å². The predicted octanol–water partition coefficient (Wildman–Crippen LogP) is -0.722. The quantitative estimate of drug-likeness (QED) is 0.614. The van der Waals surface area contributed by atoms with Crippen molar-refractivity contribution in [3.05, 3.63) is 11.9 Å². The first kappa shape index (κ1) is 13.6. The molecule has 1 rings (SSSR count). The molecule has 96 valence electrons. The van der Waals surface area contributed by atoms with Gasteiger partial charge < -0.3 is 15.8 Å². The second-order valence-corrected chi connectivity index (χ2v) is 3.88. The maximum atomic E-state index is 11.5. The molecule has 0 spiro atoms. The van der Waals surface area contributed by atoms with Gasteiger partial charge in [0.1, 0.15) is 6.54 Å². The third-order valence-corrected chi connectivity index (χ3v) is 1.98. The van der Waals surface area contributed by atoms with Crippen molar-refractivity contribution in [2.24, 2.45) is 5.73 Å². The van der Waals surface area contributed by atoms with Crippen molar-refractivity contribution < 1.29 is 9.53 Å². The Bertz CT molecular complexity index is 350. The summed E-state index contributed by atoms with van der Waals surface area (Å²) in [7, 11) is 0. The van der Waals surface area contributed by atoms with Gasteiger partial charge >= 0.3 is 0 Å². The van der Waals surface area contributed by atoms with Gasteiger partial charge in [0.15, 0.2) is 0 Å². The lowest BCUT2D eigenvalue weighted by molar-refractivity contribution is -0.122. The predicted molar refractivity (Wildman–Crippen MR) is 62.0 cm³/mol. The monoisotopic (exact) mass is 241 g/mol. The van der Waals surface area contributed by atoms with E-state index in [1.54, 1.807) is 6.20 Å². The number of amides is 1. The largest absolute Gasteiger partial charge is 0.377 e. The van der Waals surface area contributed by atoms with Gasteiger partial charge in [-0.2, -0.15) is 0 Å². The Hall–Kier alpha value is -1.47. The number of hydrogen-bond donors (Lipinski definition) is 2. The van der Waals surface area contributed by atoms with Crippen LogP contribution in [0.5, 0.6) is 0 Å². The minimum atomic E-state index is -0.120. The molecule has 7 nitrogen and oxygen atoms in total. The van der Waals surface area contributed by atoms with Gasteiger partial charge in [-0.1, -0.05) is 5.21 Å². The molecule has 0 fully saturated rings. The highest BCUT2D eigenvalue weighted by atomic mass is 16.5. The van der Waals surface area contributed by atoms with E-state index in [1.165, 1.54) is 4.68 Å². The molecule has 0 bridgehead atoms. The van der Waals surface area contributed by atoms with Crippen LogP contribution in [0.3, 0.4) is 0 Å². The first-order valence-corrected chi connectivity index (χ1v) is 5.59. The van der Waals surface area contributed by atoms with Crippen LogP contribution in [-0.4, -0.2) is 40.2 Å². The summed E-state index contributed by atoms with van der Waals surface area (Å²) < 4.78 is 6.76. The maximum absolute atomic E-state index is 11.5. The summed E-state index contributed by atoms with van der Waals surface area (Å²) in [5.41, 5.74) is 6.06. The molecule has 1 heterocycles. The summed E-state index contributed by atoms with van der Waals surface area (Å²) in [5.74, 6) is -0.120. The van der Waals surface area contributed by atoms with Crippen molar-refractivity contribution in [3.8, 4) is 0 Å². The Morgan fingerprint density at radius 3 is 3.00 bits per heavy atom. The molecule has 0 aliphatic heterocycles. The Morgan fingerprint density at radius 2 is 2.41 bits per heavy atom. The lowest BCUT2D eigenvalue weighted by atomic mass is 10.5. The van der Waals surface area contributed by atoms with Crippen LogP contribution in [0.1, 0.15) is 19.5 Å². The standard InChI is InChI=1S/C10H19N5O2/c1-8(2)17-4-3-12-10(16)7-15-6-9(5-11)13-14-15/h6,8H,3-5,7,11H2,1-2H3,(H,12,16). The van der Waals surface area contributed by atoms with E-state index in [0.29, 0.717) is 25.4 Å². The lowest BCUT2D eigenvalue weighted by Crippen LogP contribution is -2.31. The molecule has 0 aliphatic rings.